The van der Waals surface area contributed by atoms with Crippen molar-refractivity contribution in [2.24, 2.45) is 10.3 Å². The Hall–Kier alpha value is -4.42. The predicted molar refractivity (Wildman–Crippen MR) is 262 cm³/mol. The minimum atomic E-state index is -2.57. The van der Waals surface area contributed by atoms with E-state index in [0.29, 0.717) is 0 Å². The molecular formula is C51H68N5O8PSi. The first-order valence-corrected chi connectivity index (χ1v) is 27.1. The van der Waals surface area contributed by atoms with E-state index in [4.69, 9.17) is 42.4 Å². The standard InChI is InChI=1S/C51H68N5O8PSi/c1-34(2)56(35(3)4)65(60-30-16-29-52)63-47-45(33-59-51(38-17-14-13-15-18-38,39-20-24-41(57-9)25-21-39)40-22-26-42(58-10)27-23-40)61-49(48(47)64-66(11,12)50(6,7)8)55-32-37-19-28-43-36(5)62-53-31-44(54-55)46(37)43/h13-15,17-18,20-27,31-32,34-36,45,47-49H,16,19,28,30,33H2,1-12H3/t36-,45+,47+,48+,49+,65?/m0/s1. The van der Waals surface area contributed by atoms with E-state index >= 15 is 0 Å². The number of nitrogens with zero attached hydrogens (tertiary/aromatic N) is 5. The lowest BCUT2D eigenvalue weighted by atomic mass is 9.80. The molecule has 1 fully saturated rings. The molecule has 0 amide bonds. The number of hydrogen-bond donors (Lipinski definition) is 0. The summed E-state index contributed by atoms with van der Waals surface area (Å²) < 4.78 is 50.2. The van der Waals surface area contributed by atoms with Crippen molar-refractivity contribution in [3.8, 4) is 17.6 Å². The van der Waals surface area contributed by atoms with Crippen LogP contribution in [0, 0.1) is 11.3 Å². The van der Waals surface area contributed by atoms with Gasteiger partial charge in [0.05, 0.1) is 46.1 Å². The summed E-state index contributed by atoms with van der Waals surface area (Å²) in [5.74, 6) is 1.45. The molecule has 3 aliphatic heterocycles. The molecule has 4 aliphatic rings. The van der Waals surface area contributed by atoms with E-state index in [1.165, 1.54) is 5.57 Å². The number of oxime groups is 1. The molecule has 0 aromatic heterocycles. The summed E-state index contributed by atoms with van der Waals surface area (Å²) in [6.07, 6.45) is 2.75. The lowest BCUT2D eigenvalue weighted by Gasteiger charge is -2.43. The second-order valence-electron chi connectivity index (χ2n) is 19.2. The predicted octanol–water partition coefficient (Wildman–Crippen LogP) is 10.8. The molecule has 1 saturated heterocycles. The highest BCUT2D eigenvalue weighted by molar-refractivity contribution is 7.44. The van der Waals surface area contributed by atoms with Gasteiger partial charge in [-0.25, -0.2) is 9.68 Å². The second kappa shape index (κ2) is 20.8. The summed E-state index contributed by atoms with van der Waals surface area (Å²) in [5.41, 5.74) is 5.73. The van der Waals surface area contributed by atoms with Crippen LogP contribution in [0.2, 0.25) is 18.1 Å². The van der Waals surface area contributed by atoms with Gasteiger partial charge in [0.25, 0.3) is 8.53 Å². The molecule has 1 unspecified atom stereocenters. The van der Waals surface area contributed by atoms with Gasteiger partial charge in [-0.1, -0.05) is 80.5 Å². The summed E-state index contributed by atoms with van der Waals surface area (Å²) >= 11 is 0. The third kappa shape index (κ3) is 10.2. The van der Waals surface area contributed by atoms with Crippen molar-refractivity contribution in [3.05, 3.63) is 118 Å². The van der Waals surface area contributed by atoms with Gasteiger partial charge in [-0.3, -0.25) is 0 Å². The van der Waals surface area contributed by atoms with E-state index in [9.17, 15) is 5.26 Å². The van der Waals surface area contributed by atoms with E-state index in [0.717, 1.165) is 57.9 Å². The molecule has 354 valence electrons. The van der Waals surface area contributed by atoms with E-state index in [-0.39, 0.29) is 42.9 Å². The zero-order valence-electron chi connectivity index (χ0n) is 40.7. The maximum atomic E-state index is 9.65. The second-order valence-corrected chi connectivity index (χ2v) is 25.4. The maximum absolute atomic E-state index is 9.65. The molecular weight excluding hydrogens is 870 g/mol. The van der Waals surface area contributed by atoms with E-state index in [1.807, 2.05) is 78.7 Å². The minimum Gasteiger partial charge on any atom is -0.497 e. The van der Waals surface area contributed by atoms with E-state index in [1.54, 1.807) is 20.4 Å². The van der Waals surface area contributed by atoms with Crippen LogP contribution in [0.5, 0.6) is 11.5 Å². The number of ether oxygens (including phenoxy) is 4. The number of nitriles is 1. The highest BCUT2D eigenvalue weighted by Crippen LogP contribution is 2.52. The first kappa shape index (κ1) is 49.5. The van der Waals surface area contributed by atoms with Gasteiger partial charge < -0.3 is 37.3 Å². The first-order valence-electron chi connectivity index (χ1n) is 23.1. The molecule has 0 saturated carbocycles. The van der Waals surface area contributed by atoms with Crippen LogP contribution in [-0.2, 0) is 33.4 Å². The Labute approximate surface area is 394 Å². The number of rotatable bonds is 19. The monoisotopic (exact) mass is 937 g/mol. The van der Waals surface area contributed by atoms with Crippen molar-refractivity contribution < 1.29 is 37.3 Å². The van der Waals surface area contributed by atoms with Crippen molar-refractivity contribution in [1.29, 1.82) is 5.26 Å². The molecule has 0 radical (unpaired) electrons. The zero-order valence-corrected chi connectivity index (χ0v) is 42.6. The summed E-state index contributed by atoms with van der Waals surface area (Å²) in [6, 6.07) is 28.6. The summed E-state index contributed by atoms with van der Waals surface area (Å²) in [7, 11) is -0.997. The molecule has 15 heteroatoms. The van der Waals surface area contributed by atoms with Crippen molar-refractivity contribution in [1.82, 2.24) is 9.68 Å². The van der Waals surface area contributed by atoms with Gasteiger partial charge in [0.15, 0.2) is 14.5 Å². The van der Waals surface area contributed by atoms with Crippen LogP contribution in [0.3, 0.4) is 0 Å². The molecule has 3 aromatic carbocycles. The molecule has 3 aromatic rings. The Balaban J connectivity index is 1.40. The number of methoxy groups -OCH3 is 2. The van der Waals surface area contributed by atoms with Crippen LogP contribution in [0.15, 0.2) is 112 Å². The van der Waals surface area contributed by atoms with Crippen LogP contribution >= 0.6 is 8.53 Å². The number of benzene rings is 3. The Bertz CT molecular complexity index is 2240. The van der Waals surface area contributed by atoms with Crippen LogP contribution in [0.25, 0.3) is 0 Å². The maximum Gasteiger partial charge on any atom is 0.259 e. The highest BCUT2D eigenvalue weighted by atomic mass is 31.2. The third-order valence-corrected chi connectivity index (χ3v) is 19.9. The number of hydrazone groups is 1. The van der Waals surface area contributed by atoms with Crippen molar-refractivity contribution in [2.75, 3.05) is 27.4 Å². The van der Waals surface area contributed by atoms with Gasteiger partial charge in [-0.15, -0.1) is 0 Å². The SMILES string of the molecule is COc1ccc(C(OC[C@H]2O[C@@H](N3C=C4CCC5=C4C(=N3)C=NO[C@H]5C)[C@H](O[Si](C)(C)C(C)(C)C)[C@@H]2OP(OCCC#N)N(C(C)C)C(C)C)(c2ccccc2)c2ccc(OC)cc2)cc1. The van der Waals surface area contributed by atoms with Crippen LogP contribution in [-0.4, -0.2) is 100 Å². The van der Waals surface area contributed by atoms with Crippen molar-refractivity contribution in [3.63, 3.8) is 0 Å². The lowest BCUT2D eigenvalue weighted by molar-refractivity contribution is -0.106. The summed E-state index contributed by atoms with van der Waals surface area (Å²) in [4.78, 5) is 5.84. The molecule has 6 atom stereocenters. The molecule has 13 nitrogen and oxygen atoms in total. The first-order chi connectivity index (χ1) is 31.5. The summed E-state index contributed by atoms with van der Waals surface area (Å²) in [6.45, 7) is 22.1. The van der Waals surface area contributed by atoms with Gasteiger partial charge in [0.2, 0.25) is 0 Å². The van der Waals surface area contributed by atoms with Gasteiger partial charge in [-0.2, -0.15) is 10.4 Å². The largest absolute Gasteiger partial charge is 0.497 e. The lowest BCUT2D eigenvalue weighted by Crippen LogP contribution is -2.52. The number of allylic oxidation sites excluding steroid dienone is 2. The smallest absolute Gasteiger partial charge is 0.259 e. The molecule has 1 aliphatic carbocycles. The molecule has 3 heterocycles. The molecule has 0 N–H and O–H groups in total. The minimum absolute atomic E-state index is 0.0563. The van der Waals surface area contributed by atoms with Crippen molar-refractivity contribution in [2.45, 2.75) is 141 Å². The van der Waals surface area contributed by atoms with Gasteiger partial charge >= 0.3 is 0 Å². The normalized spacial score (nSPS) is 22.5. The quantitative estimate of drug-likeness (QED) is 0.0493. The Kier molecular flexibility index (Phi) is 15.6. The topological polar surface area (TPSA) is 129 Å². The fraction of sp³-hybridized carbons (Fsp3) is 0.510. The Morgan fingerprint density at radius 2 is 1.48 bits per heavy atom. The van der Waals surface area contributed by atoms with Gasteiger partial charge in [0, 0.05) is 23.9 Å². The highest BCUT2D eigenvalue weighted by Gasteiger charge is 2.56. The fourth-order valence-corrected chi connectivity index (χ4v) is 12.0. The summed E-state index contributed by atoms with van der Waals surface area (Å²) in [5, 5.41) is 21.0. The van der Waals surface area contributed by atoms with E-state index < -0.39 is 47.0 Å². The van der Waals surface area contributed by atoms with Crippen LogP contribution < -0.4 is 9.47 Å². The van der Waals surface area contributed by atoms with Crippen LogP contribution in [0.1, 0.15) is 91.3 Å². The van der Waals surface area contributed by atoms with E-state index in [2.05, 4.69) is 95.8 Å². The Morgan fingerprint density at radius 1 is 0.879 bits per heavy atom. The Morgan fingerprint density at radius 3 is 2.05 bits per heavy atom. The van der Waals surface area contributed by atoms with Crippen molar-refractivity contribution >= 4 is 28.8 Å². The molecule has 0 bridgehead atoms. The molecule has 7 rings (SSSR count). The van der Waals surface area contributed by atoms with Gasteiger partial charge in [-0.05, 0) is 118 Å². The average molecular weight is 938 g/mol. The fourth-order valence-electron chi connectivity index (χ4n) is 8.91. The molecule has 66 heavy (non-hydrogen) atoms. The molecule has 0 spiro atoms. The average Bonchev–Trinajstić information content (AvgIpc) is 3.82. The third-order valence-electron chi connectivity index (χ3n) is 13.3. The number of hydrogen-bond acceptors (Lipinski definition) is 13. The zero-order chi connectivity index (χ0) is 47.4. The van der Waals surface area contributed by atoms with Crippen LogP contribution in [0.4, 0.5) is 0 Å². The van der Waals surface area contributed by atoms with Gasteiger partial charge in [0.1, 0.15) is 47.2 Å².